The van der Waals surface area contributed by atoms with Crippen LogP contribution in [-0.4, -0.2) is 29.3 Å². The van der Waals surface area contributed by atoms with Crippen LogP contribution in [0.25, 0.3) is 11.1 Å². The first-order valence-electron chi connectivity index (χ1n) is 7.48. The van der Waals surface area contributed by atoms with E-state index in [2.05, 4.69) is 25.5 Å². The molecule has 0 saturated heterocycles. The molecule has 0 atom stereocenters. The van der Waals surface area contributed by atoms with E-state index < -0.39 is 6.09 Å². The Morgan fingerprint density at radius 2 is 1.72 bits per heavy atom. The fraction of sp³-hybridized carbons (Fsp3) is 0.176. The molecular weight excluding hydrogens is 324 g/mol. The number of rotatable bonds is 3. The average molecular weight is 340 g/mol. The number of methoxy groups -OCH3 is 1. The molecular formula is C17H16N4O4. The van der Waals surface area contributed by atoms with Gasteiger partial charge in [-0.05, 0) is 44.2 Å². The zero-order chi connectivity index (χ0) is 18.0. The van der Waals surface area contributed by atoms with E-state index in [1.165, 1.54) is 7.11 Å². The number of fused-ring (bicyclic) bond motifs is 1. The zero-order valence-corrected chi connectivity index (χ0v) is 13.9. The number of carbonyl (C=O) groups is 2. The molecule has 2 amide bonds. The molecule has 0 bridgehead atoms. The molecule has 25 heavy (non-hydrogen) atoms. The summed E-state index contributed by atoms with van der Waals surface area (Å²) in [5, 5.41) is 9.80. The highest BCUT2D eigenvalue weighted by molar-refractivity contribution is 6.12. The van der Waals surface area contributed by atoms with Crippen LogP contribution in [0.15, 0.2) is 34.9 Å². The monoisotopic (exact) mass is 340 g/mol. The van der Waals surface area contributed by atoms with Gasteiger partial charge in [-0.2, -0.15) is 0 Å². The number of pyridine rings is 1. The Balaban J connectivity index is 1.83. The molecule has 128 valence electrons. The first-order chi connectivity index (χ1) is 12.0. The lowest BCUT2D eigenvalue weighted by molar-refractivity contribution is 0.102. The van der Waals surface area contributed by atoms with E-state index in [0.29, 0.717) is 39.4 Å². The summed E-state index contributed by atoms with van der Waals surface area (Å²) in [6.07, 6.45) is -0.561. The van der Waals surface area contributed by atoms with E-state index in [1.54, 1.807) is 44.2 Å². The summed E-state index contributed by atoms with van der Waals surface area (Å²) in [4.78, 5) is 28.0. The molecule has 0 aliphatic heterocycles. The lowest BCUT2D eigenvalue weighted by Gasteiger charge is -2.08. The maximum atomic E-state index is 12.6. The molecule has 3 aromatic rings. The van der Waals surface area contributed by atoms with E-state index in [-0.39, 0.29) is 5.91 Å². The highest BCUT2D eigenvalue weighted by atomic mass is 16.5. The van der Waals surface area contributed by atoms with Crippen molar-refractivity contribution in [2.75, 3.05) is 17.7 Å². The molecule has 8 nitrogen and oxygen atoms in total. The van der Waals surface area contributed by atoms with E-state index in [4.69, 9.17) is 4.52 Å². The summed E-state index contributed by atoms with van der Waals surface area (Å²) in [6.45, 7) is 3.54. The average Bonchev–Trinajstić information content (AvgIpc) is 2.96. The number of ether oxygens (including phenoxy) is 1. The van der Waals surface area contributed by atoms with Crippen molar-refractivity contribution < 1.29 is 18.8 Å². The van der Waals surface area contributed by atoms with Gasteiger partial charge in [0.25, 0.3) is 11.6 Å². The predicted molar refractivity (Wildman–Crippen MR) is 91.7 cm³/mol. The van der Waals surface area contributed by atoms with Crippen LogP contribution in [0.4, 0.5) is 16.2 Å². The van der Waals surface area contributed by atoms with Crippen LogP contribution in [0.3, 0.4) is 0 Å². The third-order valence-corrected chi connectivity index (χ3v) is 3.56. The third kappa shape index (κ3) is 3.42. The summed E-state index contributed by atoms with van der Waals surface area (Å²) >= 11 is 0. The fourth-order valence-corrected chi connectivity index (χ4v) is 2.40. The number of aromatic nitrogens is 2. The van der Waals surface area contributed by atoms with E-state index >= 15 is 0 Å². The number of aryl methyl sites for hydroxylation is 2. The lowest BCUT2D eigenvalue weighted by atomic mass is 10.1. The Kier molecular flexibility index (Phi) is 4.34. The minimum atomic E-state index is -0.561. The maximum Gasteiger partial charge on any atom is 0.411 e. The number of nitrogens with one attached hydrogen (secondary N) is 2. The van der Waals surface area contributed by atoms with Crippen LogP contribution >= 0.6 is 0 Å². The number of benzene rings is 1. The number of carbonyl (C=O) groups excluding carboxylic acids is 2. The van der Waals surface area contributed by atoms with Gasteiger partial charge in [0, 0.05) is 17.1 Å². The Morgan fingerprint density at radius 1 is 1.08 bits per heavy atom. The molecule has 0 spiro atoms. The molecule has 2 heterocycles. The summed E-state index contributed by atoms with van der Waals surface area (Å²) in [5.74, 6) is -0.296. The predicted octanol–water partition coefficient (Wildman–Crippen LogP) is 3.27. The van der Waals surface area contributed by atoms with Crippen LogP contribution in [-0.2, 0) is 4.74 Å². The standard InChI is InChI=1S/C17H16N4O4/c1-9-8-13(14-10(2)21-25-16(14)18-9)15(22)19-11-4-6-12(7-5-11)20-17(23)24-3/h4-8H,1-3H3,(H,19,22)(H,20,23). The Morgan fingerprint density at radius 3 is 2.36 bits per heavy atom. The van der Waals surface area contributed by atoms with Gasteiger partial charge in [-0.15, -0.1) is 0 Å². The molecule has 2 N–H and O–H groups in total. The fourth-order valence-electron chi connectivity index (χ4n) is 2.40. The second-order valence-corrected chi connectivity index (χ2v) is 5.41. The normalized spacial score (nSPS) is 10.5. The lowest BCUT2D eigenvalue weighted by Crippen LogP contribution is -2.14. The Labute approximate surface area is 143 Å². The maximum absolute atomic E-state index is 12.6. The number of nitrogens with zero attached hydrogens (tertiary/aromatic N) is 2. The van der Waals surface area contributed by atoms with Crippen molar-refractivity contribution in [1.82, 2.24) is 10.1 Å². The Bertz CT molecular complexity index is 947. The van der Waals surface area contributed by atoms with Gasteiger partial charge in [0.15, 0.2) is 0 Å². The van der Waals surface area contributed by atoms with E-state index in [0.717, 1.165) is 0 Å². The summed E-state index contributed by atoms with van der Waals surface area (Å²) in [5.41, 5.74) is 3.18. The molecule has 0 fully saturated rings. The van der Waals surface area contributed by atoms with Crippen molar-refractivity contribution >= 4 is 34.5 Å². The van der Waals surface area contributed by atoms with Gasteiger partial charge in [0.1, 0.15) is 0 Å². The van der Waals surface area contributed by atoms with Gasteiger partial charge in [-0.25, -0.2) is 9.78 Å². The highest BCUT2D eigenvalue weighted by Crippen LogP contribution is 2.23. The van der Waals surface area contributed by atoms with Gasteiger partial charge >= 0.3 is 6.09 Å². The van der Waals surface area contributed by atoms with Crippen molar-refractivity contribution in [3.05, 3.63) is 47.3 Å². The van der Waals surface area contributed by atoms with Crippen molar-refractivity contribution in [3.8, 4) is 0 Å². The molecule has 0 unspecified atom stereocenters. The van der Waals surface area contributed by atoms with Crippen LogP contribution in [0.5, 0.6) is 0 Å². The van der Waals surface area contributed by atoms with E-state index in [1.807, 2.05) is 0 Å². The zero-order valence-electron chi connectivity index (χ0n) is 13.9. The topological polar surface area (TPSA) is 106 Å². The van der Waals surface area contributed by atoms with Gasteiger partial charge in [0.05, 0.1) is 23.8 Å². The van der Waals surface area contributed by atoms with Gasteiger partial charge in [-0.3, -0.25) is 10.1 Å². The first-order valence-corrected chi connectivity index (χ1v) is 7.48. The van der Waals surface area contributed by atoms with Crippen molar-refractivity contribution in [1.29, 1.82) is 0 Å². The van der Waals surface area contributed by atoms with Crippen molar-refractivity contribution in [3.63, 3.8) is 0 Å². The first kappa shape index (κ1) is 16.4. The van der Waals surface area contributed by atoms with Crippen LogP contribution in [0.1, 0.15) is 21.7 Å². The summed E-state index contributed by atoms with van der Waals surface area (Å²) < 4.78 is 9.66. The number of hydrogen-bond donors (Lipinski definition) is 2. The molecule has 3 rings (SSSR count). The molecule has 0 saturated carbocycles. The number of hydrogen-bond acceptors (Lipinski definition) is 6. The summed E-state index contributed by atoms with van der Waals surface area (Å²) in [6, 6.07) is 8.36. The quantitative estimate of drug-likeness (QED) is 0.758. The van der Waals surface area contributed by atoms with Crippen LogP contribution < -0.4 is 10.6 Å². The van der Waals surface area contributed by atoms with Crippen molar-refractivity contribution in [2.24, 2.45) is 0 Å². The molecule has 2 aromatic heterocycles. The summed E-state index contributed by atoms with van der Waals surface area (Å²) in [7, 11) is 1.29. The van der Waals surface area contributed by atoms with Gasteiger partial charge in [-0.1, -0.05) is 5.16 Å². The van der Waals surface area contributed by atoms with E-state index in [9.17, 15) is 9.59 Å². The molecule has 0 aliphatic carbocycles. The van der Waals surface area contributed by atoms with Gasteiger partial charge < -0.3 is 14.6 Å². The second kappa shape index (κ2) is 6.60. The SMILES string of the molecule is COC(=O)Nc1ccc(NC(=O)c2cc(C)nc3onc(C)c23)cc1. The van der Waals surface area contributed by atoms with Crippen molar-refractivity contribution in [2.45, 2.75) is 13.8 Å². The number of anilines is 2. The molecule has 0 aliphatic rings. The minimum absolute atomic E-state index is 0.296. The minimum Gasteiger partial charge on any atom is -0.453 e. The Hall–Kier alpha value is -3.42. The van der Waals surface area contributed by atoms with Crippen LogP contribution in [0, 0.1) is 13.8 Å². The highest BCUT2D eigenvalue weighted by Gasteiger charge is 2.18. The second-order valence-electron chi connectivity index (χ2n) is 5.41. The third-order valence-electron chi connectivity index (χ3n) is 3.56. The van der Waals surface area contributed by atoms with Crippen LogP contribution in [0.2, 0.25) is 0 Å². The number of amides is 2. The largest absolute Gasteiger partial charge is 0.453 e. The molecule has 8 heteroatoms. The molecule has 1 aromatic carbocycles. The van der Waals surface area contributed by atoms with Gasteiger partial charge in [0.2, 0.25) is 0 Å². The molecule has 0 radical (unpaired) electrons. The smallest absolute Gasteiger partial charge is 0.411 e.